The van der Waals surface area contributed by atoms with E-state index in [1.54, 1.807) is 6.33 Å². The van der Waals surface area contributed by atoms with Gasteiger partial charge in [0.1, 0.15) is 18.0 Å². The van der Waals surface area contributed by atoms with Crippen LogP contribution in [0.25, 0.3) is 0 Å². The molecule has 0 N–H and O–H groups in total. The number of aromatic nitrogens is 3. The van der Waals surface area contributed by atoms with Crippen LogP contribution in [0.4, 0.5) is 8.78 Å². The Labute approximate surface area is 148 Å². The van der Waals surface area contributed by atoms with Crippen molar-refractivity contribution in [1.29, 1.82) is 0 Å². The Morgan fingerprint density at radius 3 is 1.91 bits per heavy atom. The monoisotopic (exact) mass is 441 g/mol. The molecule has 1 heterocycles. The lowest BCUT2D eigenvalue weighted by molar-refractivity contribution is 0.626. The Kier molecular flexibility index (Phi) is 5.16. The number of halogens is 3. The van der Waals surface area contributed by atoms with Gasteiger partial charge in [0.2, 0.25) is 0 Å². The molecule has 0 atom stereocenters. The first-order valence-corrected chi connectivity index (χ1v) is 10.1. The summed E-state index contributed by atoms with van der Waals surface area (Å²) in [5.41, 5.74) is 2.29. The molecule has 0 fully saturated rings. The highest BCUT2D eigenvalue weighted by molar-refractivity contribution is 14.1. The van der Waals surface area contributed by atoms with E-state index in [2.05, 4.69) is 32.7 Å². The lowest BCUT2D eigenvalue weighted by Gasteiger charge is -2.18. The minimum atomic E-state index is -0.675. The average Bonchev–Trinajstić information content (AvgIpc) is 2.96. The van der Waals surface area contributed by atoms with Crippen molar-refractivity contribution in [2.45, 2.75) is 11.7 Å². The van der Waals surface area contributed by atoms with Crippen LogP contribution in [0.5, 0.6) is 0 Å². The normalized spacial score (nSPS) is 11.7. The van der Waals surface area contributed by atoms with E-state index in [1.807, 2.05) is 28.9 Å². The highest BCUT2D eigenvalue weighted by atomic mass is 127. The maximum absolute atomic E-state index is 13.2. The first-order valence-electron chi connectivity index (χ1n) is 7.18. The molecule has 1 aromatic heterocycles. The predicted octanol–water partition coefficient (Wildman–Crippen LogP) is 3.08. The zero-order valence-corrected chi connectivity index (χ0v) is 15.7. The molecule has 3 rings (SSSR count). The quantitative estimate of drug-likeness (QED) is 0.450. The minimum Gasteiger partial charge on any atom is -0.245 e. The molecule has 0 aliphatic carbocycles. The van der Waals surface area contributed by atoms with Crippen molar-refractivity contribution in [3.05, 3.63) is 81.5 Å². The summed E-state index contributed by atoms with van der Waals surface area (Å²) in [6.45, 7) is 0. The van der Waals surface area contributed by atoms with Gasteiger partial charge in [-0.2, -0.15) is 5.10 Å². The fraction of sp³-hybridized carbons (Fsp3) is 0.125. The van der Waals surface area contributed by atoms with Gasteiger partial charge in [-0.1, -0.05) is 24.3 Å². The van der Waals surface area contributed by atoms with E-state index in [1.165, 1.54) is 24.3 Å². The second kappa shape index (κ2) is 7.31. The second-order valence-electron chi connectivity index (χ2n) is 5.20. The molecule has 0 saturated heterocycles. The van der Waals surface area contributed by atoms with E-state index in [0.29, 0.717) is 0 Å². The lowest BCUT2D eigenvalue weighted by atomic mass is 10.0. The van der Waals surface area contributed by atoms with Crippen LogP contribution in [0.3, 0.4) is 0 Å². The van der Waals surface area contributed by atoms with Crippen LogP contribution in [0.1, 0.15) is 16.7 Å². The summed E-state index contributed by atoms with van der Waals surface area (Å²) >= 11 is 2.15. The largest absolute Gasteiger partial charge is 0.245 e. The van der Waals surface area contributed by atoms with Crippen molar-refractivity contribution in [3.8, 4) is 0 Å². The Morgan fingerprint density at radius 1 is 0.957 bits per heavy atom. The maximum Gasteiger partial charge on any atom is 0.188 e. The van der Waals surface area contributed by atoms with Crippen molar-refractivity contribution in [1.82, 2.24) is 14.8 Å². The van der Waals surface area contributed by atoms with Crippen LogP contribution in [0.15, 0.2) is 54.9 Å². The fourth-order valence-electron chi connectivity index (χ4n) is 2.57. The summed E-state index contributed by atoms with van der Waals surface area (Å²) in [5, 5.41) is 4.22. The van der Waals surface area contributed by atoms with E-state index in [9.17, 15) is 8.78 Å². The Bertz CT molecular complexity index is 729. The lowest BCUT2D eigenvalue weighted by Crippen LogP contribution is -2.18. The van der Waals surface area contributed by atoms with Gasteiger partial charge in [-0.3, -0.25) is 0 Å². The average molecular weight is 441 g/mol. The fourth-order valence-corrected chi connectivity index (χ4v) is 5.55. The van der Waals surface area contributed by atoms with Gasteiger partial charge in [0.15, 0.2) is 3.83 Å². The number of benzene rings is 2. The first-order chi connectivity index (χ1) is 11.1. The highest BCUT2D eigenvalue weighted by Gasteiger charge is 2.16. The van der Waals surface area contributed by atoms with Crippen LogP contribution < -0.4 is 0 Å². The molecule has 3 aromatic rings. The molecule has 0 aliphatic heterocycles. The number of rotatable bonds is 5. The molecule has 23 heavy (non-hydrogen) atoms. The molecule has 0 saturated carbocycles. The molecule has 0 unspecified atom stereocenters. The van der Waals surface area contributed by atoms with Gasteiger partial charge in [-0.15, -0.1) is 0 Å². The summed E-state index contributed by atoms with van der Waals surface area (Å²) in [4.78, 5) is 4.12. The number of hydrogen-bond donors (Lipinski definition) is 0. The van der Waals surface area contributed by atoms with Crippen LogP contribution in [0, 0.1) is 15.5 Å². The van der Waals surface area contributed by atoms with Crippen molar-refractivity contribution < 1.29 is 8.78 Å². The first kappa shape index (κ1) is 16.3. The zero-order valence-electron chi connectivity index (χ0n) is 12.2. The molecule has 2 aromatic carbocycles. The third-order valence-electron chi connectivity index (χ3n) is 3.74. The number of hydrogen-bond acceptors (Lipinski definition) is 2. The molecule has 3 nitrogen and oxygen atoms in total. The molecule has 0 amide bonds. The highest BCUT2D eigenvalue weighted by Crippen LogP contribution is 2.24. The molecule has 0 aliphatic rings. The van der Waals surface area contributed by atoms with Crippen LogP contribution in [-0.2, 0) is 6.17 Å². The summed E-state index contributed by atoms with van der Waals surface area (Å²) in [5.74, 6) is -0.502. The SMILES string of the molecule is Fc1ccc(C([SiH2]Cn2ncnc2I)c2ccc(F)cc2)cc1. The van der Waals surface area contributed by atoms with Crippen molar-refractivity contribution in [3.63, 3.8) is 0 Å². The predicted molar refractivity (Wildman–Crippen MR) is 95.9 cm³/mol. The standard InChI is InChI=1S/C16H14F2IN3Si/c17-13-5-1-11(2-6-13)15(12-3-7-14(18)8-4-12)23-10-22-16(19)20-9-21-22/h1-9,15H,10,23H2. The van der Waals surface area contributed by atoms with E-state index in [-0.39, 0.29) is 17.2 Å². The van der Waals surface area contributed by atoms with Gasteiger partial charge >= 0.3 is 0 Å². The molecule has 0 bridgehead atoms. The van der Waals surface area contributed by atoms with E-state index in [4.69, 9.17) is 0 Å². The van der Waals surface area contributed by atoms with Crippen LogP contribution >= 0.6 is 22.6 Å². The van der Waals surface area contributed by atoms with Crippen molar-refractivity contribution >= 4 is 32.1 Å². The topological polar surface area (TPSA) is 30.7 Å². The van der Waals surface area contributed by atoms with Gasteiger partial charge < -0.3 is 0 Å². The maximum atomic E-state index is 13.2. The zero-order chi connectivity index (χ0) is 16.2. The van der Waals surface area contributed by atoms with Gasteiger partial charge in [0, 0.05) is 28.8 Å². The summed E-state index contributed by atoms with van der Waals surface area (Å²) in [6, 6.07) is 13.1. The van der Waals surface area contributed by atoms with Crippen molar-refractivity contribution in [2.24, 2.45) is 0 Å². The van der Waals surface area contributed by atoms with Crippen molar-refractivity contribution in [2.75, 3.05) is 0 Å². The molecule has 118 valence electrons. The smallest absolute Gasteiger partial charge is 0.188 e. The Morgan fingerprint density at radius 2 is 1.48 bits per heavy atom. The van der Waals surface area contributed by atoms with Gasteiger partial charge in [0.25, 0.3) is 0 Å². The molecular weight excluding hydrogens is 427 g/mol. The Hall–Kier alpha value is -1.61. The van der Waals surface area contributed by atoms with E-state index in [0.717, 1.165) is 21.1 Å². The molecular formula is C16H14F2IN3Si. The van der Waals surface area contributed by atoms with Gasteiger partial charge in [-0.25, -0.2) is 18.4 Å². The van der Waals surface area contributed by atoms with Gasteiger partial charge in [-0.05, 0) is 40.9 Å². The summed E-state index contributed by atoms with van der Waals surface area (Å²) in [7, 11) is -0.675. The number of nitrogens with zero attached hydrogens (tertiary/aromatic N) is 3. The third-order valence-corrected chi connectivity index (χ3v) is 6.78. The van der Waals surface area contributed by atoms with Crippen LogP contribution in [0.2, 0.25) is 0 Å². The second-order valence-corrected chi connectivity index (χ2v) is 8.00. The summed E-state index contributed by atoms with van der Waals surface area (Å²) < 4.78 is 29.1. The molecule has 0 radical (unpaired) electrons. The summed E-state index contributed by atoms with van der Waals surface area (Å²) in [6.07, 6.45) is 2.36. The van der Waals surface area contributed by atoms with E-state index < -0.39 is 9.52 Å². The van der Waals surface area contributed by atoms with E-state index >= 15 is 0 Å². The minimum absolute atomic E-state index is 0.177. The third kappa shape index (κ3) is 4.02. The molecule has 7 heteroatoms. The van der Waals surface area contributed by atoms with Crippen LogP contribution in [-0.4, -0.2) is 24.3 Å². The van der Waals surface area contributed by atoms with Gasteiger partial charge in [0.05, 0.1) is 9.52 Å². The Balaban J connectivity index is 1.88. The molecule has 0 spiro atoms.